The van der Waals surface area contributed by atoms with E-state index in [1.165, 1.54) is 0 Å². The third-order valence-electron chi connectivity index (χ3n) is 2.74. The van der Waals surface area contributed by atoms with E-state index in [-0.39, 0.29) is 18.5 Å². The van der Waals surface area contributed by atoms with Crippen LogP contribution in [-0.4, -0.2) is 23.8 Å². The van der Waals surface area contributed by atoms with Crippen LogP contribution in [0, 0.1) is 12.8 Å². The van der Waals surface area contributed by atoms with Crippen molar-refractivity contribution < 1.29 is 9.90 Å². The molecule has 0 unspecified atom stereocenters. The third kappa shape index (κ3) is 5.01. The fraction of sp³-hybridized carbons (Fsp3) is 0.462. The molecule has 1 rings (SSSR count). The van der Waals surface area contributed by atoms with Gasteiger partial charge in [-0.15, -0.1) is 0 Å². The van der Waals surface area contributed by atoms with Crippen LogP contribution in [0.4, 0.5) is 10.5 Å². The van der Waals surface area contributed by atoms with E-state index in [4.69, 9.17) is 11.6 Å². The second-order valence-electron chi connectivity index (χ2n) is 4.73. The zero-order valence-electron chi connectivity index (χ0n) is 11.1. The van der Waals surface area contributed by atoms with Gasteiger partial charge in [0.2, 0.25) is 0 Å². The summed E-state index contributed by atoms with van der Waals surface area (Å²) in [5.41, 5.74) is 1.52. The predicted molar refractivity (Wildman–Crippen MR) is 81.8 cm³/mol. The largest absolute Gasteiger partial charge is 0.391 e. The Morgan fingerprint density at radius 3 is 2.68 bits per heavy atom. The Morgan fingerprint density at radius 1 is 1.47 bits per heavy atom. The molecule has 0 aromatic heterocycles. The van der Waals surface area contributed by atoms with Crippen LogP contribution in [-0.2, 0) is 0 Å². The number of urea groups is 1. The lowest BCUT2D eigenvalue weighted by atomic mass is 10.1. The Morgan fingerprint density at radius 2 is 2.11 bits per heavy atom. The van der Waals surface area contributed by atoms with Crippen LogP contribution in [0.25, 0.3) is 0 Å². The van der Waals surface area contributed by atoms with Gasteiger partial charge in [-0.25, -0.2) is 4.79 Å². The molecule has 0 bridgehead atoms. The van der Waals surface area contributed by atoms with Gasteiger partial charge >= 0.3 is 6.03 Å². The quantitative estimate of drug-likeness (QED) is 0.778. The van der Waals surface area contributed by atoms with E-state index in [1.807, 2.05) is 26.8 Å². The second-order valence-corrected chi connectivity index (χ2v) is 5.99. The number of nitrogens with one attached hydrogen (secondary N) is 2. The van der Waals surface area contributed by atoms with Crippen molar-refractivity contribution in [2.75, 3.05) is 11.9 Å². The van der Waals surface area contributed by atoms with E-state index in [0.29, 0.717) is 10.7 Å². The molecule has 0 aliphatic heterocycles. The number of aliphatic hydroxyl groups is 1. The summed E-state index contributed by atoms with van der Waals surface area (Å²) < 4.78 is 0.758. The first-order chi connectivity index (χ1) is 8.81. The Kier molecular flexibility index (Phi) is 6.10. The van der Waals surface area contributed by atoms with Gasteiger partial charge in [-0.05, 0) is 46.5 Å². The monoisotopic (exact) mass is 348 g/mol. The van der Waals surface area contributed by atoms with Gasteiger partial charge < -0.3 is 15.7 Å². The Labute approximate surface area is 126 Å². The van der Waals surface area contributed by atoms with Crippen LogP contribution in [0.15, 0.2) is 16.6 Å². The smallest absolute Gasteiger partial charge is 0.319 e. The normalized spacial score (nSPS) is 12.4. The third-order valence-corrected chi connectivity index (χ3v) is 3.80. The van der Waals surface area contributed by atoms with Gasteiger partial charge in [0.1, 0.15) is 0 Å². The number of carbonyl (C=O) groups is 1. The van der Waals surface area contributed by atoms with E-state index in [0.717, 1.165) is 10.0 Å². The highest BCUT2D eigenvalue weighted by atomic mass is 79.9. The summed E-state index contributed by atoms with van der Waals surface area (Å²) in [4.78, 5) is 11.7. The molecule has 0 saturated carbocycles. The molecule has 0 aliphatic rings. The van der Waals surface area contributed by atoms with Crippen molar-refractivity contribution in [2.24, 2.45) is 5.92 Å². The zero-order chi connectivity index (χ0) is 14.6. The molecule has 1 aromatic rings. The lowest BCUT2D eigenvalue weighted by Gasteiger charge is -2.16. The van der Waals surface area contributed by atoms with Crippen molar-refractivity contribution >= 4 is 39.2 Å². The van der Waals surface area contributed by atoms with Crippen LogP contribution in [0.3, 0.4) is 0 Å². The summed E-state index contributed by atoms with van der Waals surface area (Å²) in [6.07, 6.45) is -0.559. The zero-order valence-corrected chi connectivity index (χ0v) is 13.5. The molecule has 19 heavy (non-hydrogen) atoms. The molecule has 0 heterocycles. The minimum atomic E-state index is -0.559. The van der Waals surface area contributed by atoms with Crippen LogP contribution < -0.4 is 10.6 Å². The van der Waals surface area contributed by atoms with Gasteiger partial charge in [0.25, 0.3) is 0 Å². The first kappa shape index (κ1) is 16.3. The van der Waals surface area contributed by atoms with Gasteiger partial charge in [0.05, 0.1) is 11.8 Å². The Bertz CT molecular complexity index is 466. The molecule has 106 valence electrons. The number of rotatable bonds is 4. The number of anilines is 1. The molecule has 0 radical (unpaired) electrons. The van der Waals surface area contributed by atoms with Gasteiger partial charge in [-0.1, -0.05) is 25.4 Å². The second kappa shape index (κ2) is 7.12. The number of hydrogen-bond donors (Lipinski definition) is 3. The van der Waals surface area contributed by atoms with E-state index < -0.39 is 6.10 Å². The van der Waals surface area contributed by atoms with Crippen molar-refractivity contribution in [3.8, 4) is 0 Å². The molecular formula is C13H18BrClN2O2. The molecule has 0 aliphatic carbocycles. The number of aryl methyl sites for hydroxylation is 1. The lowest BCUT2D eigenvalue weighted by Crippen LogP contribution is -2.37. The van der Waals surface area contributed by atoms with Crippen LogP contribution >= 0.6 is 27.5 Å². The van der Waals surface area contributed by atoms with E-state index in [1.54, 1.807) is 6.07 Å². The summed E-state index contributed by atoms with van der Waals surface area (Å²) in [5.74, 6) is 0.0980. The van der Waals surface area contributed by atoms with Gasteiger partial charge in [-0.2, -0.15) is 0 Å². The maximum absolute atomic E-state index is 11.7. The molecule has 3 N–H and O–H groups in total. The number of amides is 2. The van der Waals surface area contributed by atoms with E-state index >= 15 is 0 Å². The summed E-state index contributed by atoms with van der Waals surface area (Å²) in [6.45, 7) is 5.87. The first-order valence-corrected chi connectivity index (χ1v) is 7.17. The Balaban J connectivity index is 2.60. The molecule has 0 spiro atoms. The molecular weight excluding hydrogens is 332 g/mol. The fourth-order valence-corrected chi connectivity index (χ4v) is 2.06. The standard InChI is InChI=1S/C13H18BrClN2O2/c1-7(2)12(18)6-16-13(19)17-11-5-10(15)8(3)4-9(11)14/h4-5,7,12,18H,6H2,1-3H3,(H2,16,17,19)/t12-/m0/s1. The highest BCUT2D eigenvalue weighted by Crippen LogP contribution is 2.28. The number of benzene rings is 1. The van der Waals surface area contributed by atoms with Crippen molar-refractivity contribution in [1.29, 1.82) is 0 Å². The number of hydrogen-bond acceptors (Lipinski definition) is 2. The van der Waals surface area contributed by atoms with E-state index in [2.05, 4.69) is 26.6 Å². The van der Waals surface area contributed by atoms with E-state index in [9.17, 15) is 9.90 Å². The molecule has 1 aromatic carbocycles. The molecule has 1 atom stereocenters. The lowest BCUT2D eigenvalue weighted by molar-refractivity contribution is 0.126. The van der Waals surface area contributed by atoms with Crippen LogP contribution in [0.2, 0.25) is 5.02 Å². The SMILES string of the molecule is Cc1cc(Br)c(NC(=O)NC[C@H](O)C(C)C)cc1Cl. The highest BCUT2D eigenvalue weighted by Gasteiger charge is 2.12. The average molecular weight is 350 g/mol. The predicted octanol–water partition coefficient (Wildman–Crippen LogP) is 3.55. The van der Waals surface area contributed by atoms with Crippen LogP contribution in [0.1, 0.15) is 19.4 Å². The molecule has 2 amide bonds. The average Bonchev–Trinajstić information content (AvgIpc) is 2.32. The number of carbonyl (C=O) groups excluding carboxylic acids is 1. The van der Waals surface area contributed by atoms with Gasteiger partial charge in [0, 0.05) is 16.0 Å². The molecule has 0 saturated heterocycles. The summed E-state index contributed by atoms with van der Waals surface area (Å²) in [7, 11) is 0. The minimum Gasteiger partial charge on any atom is -0.391 e. The van der Waals surface area contributed by atoms with Gasteiger partial charge in [-0.3, -0.25) is 0 Å². The summed E-state index contributed by atoms with van der Waals surface area (Å²) >= 11 is 9.37. The van der Waals surface area contributed by atoms with Crippen LogP contribution in [0.5, 0.6) is 0 Å². The van der Waals surface area contributed by atoms with Crippen molar-refractivity contribution in [1.82, 2.24) is 5.32 Å². The topological polar surface area (TPSA) is 61.4 Å². The molecule has 0 fully saturated rings. The number of halogens is 2. The minimum absolute atomic E-state index is 0.0980. The fourth-order valence-electron chi connectivity index (χ4n) is 1.34. The maximum atomic E-state index is 11.7. The maximum Gasteiger partial charge on any atom is 0.319 e. The van der Waals surface area contributed by atoms with Crippen molar-refractivity contribution in [3.05, 3.63) is 27.2 Å². The number of aliphatic hydroxyl groups excluding tert-OH is 1. The molecule has 6 heteroatoms. The van der Waals surface area contributed by atoms with Gasteiger partial charge in [0.15, 0.2) is 0 Å². The van der Waals surface area contributed by atoms with Crippen molar-refractivity contribution in [3.63, 3.8) is 0 Å². The Hall–Kier alpha value is -0.780. The highest BCUT2D eigenvalue weighted by molar-refractivity contribution is 9.10. The first-order valence-electron chi connectivity index (χ1n) is 5.99. The summed E-state index contributed by atoms with van der Waals surface area (Å²) in [6, 6.07) is 3.14. The summed E-state index contributed by atoms with van der Waals surface area (Å²) in [5, 5.41) is 15.5. The molecule has 4 nitrogen and oxygen atoms in total. The van der Waals surface area contributed by atoms with Crippen molar-refractivity contribution in [2.45, 2.75) is 26.9 Å².